The number of nitrogens with one attached hydrogen (secondary N) is 2. The number of nitrogens with zero attached hydrogens (tertiary/aromatic N) is 1. The van der Waals surface area contributed by atoms with Gasteiger partial charge in [0.15, 0.2) is 0 Å². The Morgan fingerprint density at radius 1 is 1.06 bits per heavy atom. The van der Waals surface area contributed by atoms with Gasteiger partial charge in [-0.1, -0.05) is 13.8 Å². The van der Waals surface area contributed by atoms with Gasteiger partial charge in [-0.25, -0.2) is 9.37 Å². The number of thiophene rings is 1. The van der Waals surface area contributed by atoms with Crippen LogP contribution in [-0.4, -0.2) is 28.1 Å². The fourth-order valence-corrected chi connectivity index (χ4v) is 4.22. The van der Waals surface area contributed by atoms with Gasteiger partial charge in [0.1, 0.15) is 17.5 Å². The number of rotatable bonds is 5. The van der Waals surface area contributed by atoms with Gasteiger partial charge < -0.3 is 10.3 Å². The van der Waals surface area contributed by atoms with Gasteiger partial charge in [-0.3, -0.25) is 4.79 Å². The van der Waals surface area contributed by atoms with Crippen molar-refractivity contribution < 1.29 is 22.4 Å². The largest absolute Gasteiger partial charge is 0.408 e. The molecule has 4 nitrogen and oxygen atoms in total. The normalized spacial score (nSPS) is 13.0. The Kier molecular flexibility index (Phi) is 5.77. The first-order valence-electron chi connectivity index (χ1n) is 9.83. The number of hydrogen-bond donors (Lipinski definition) is 2. The summed E-state index contributed by atoms with van der Waals surface area (Å²) < 4.78 is 52.7. The van der Waals surface area contributed by atoms with Crippen LogP contribution < -0.4 is 5.32 Å². The molecule has 4 aromatic rings. The topological polar surface area (TPSA) is 57.8 Å². The molecule has 0 radical (unpaired) electrons. The van der Waals surface area contributed by atoms with Gasteiger partial charge in [-0.05, 0) is 64.9 Å². The highest BCUT2D eigenvalue weighted by molar-refractivity contribution is 7.12. The van der Waals surface area contributed by atoms with Crippen LogP contribution in [0.4, 0.5) is 17.6 Å². The van der Waals surface area contributed by atoms with Crippen LogP contribution in [0.3, 0.4) is 0 Å². The Morgan fingerprint density at radius 3 is 2.44 bits per heavy atom. The van der Waals surface area contributed by atoms with Crippen LogP contribution >= 0.6 is 11.3 Å². The zero-order valence-electron chi connectivity index (χ0n) is 17.1. The Balaban J connectivity index is 1.57. The summed E-state index contributed by atoms with van der Waals surface area (Å²) in [4.78, 5) is 20.2. The van der Waals surface area contributed by atoms with E-state index in [1.165, 1.54) is 26.0 Å². The zero-order chi connectivity index (χ0) is 23.0. The monoisotopic (exact) mass is 461 g/mol. The summed E-state index contributed by atoms with van der Waals surface area (Å²) >= 11 is 1.08. The molecule has 1 unspecified atom stereocenters. The smallest absolute Gasteiger partial charge is 0.339 e. The highest BCUT2D eigenvalue weighted by atomic mass is 32.1. The number of amides is 1. The molecule has 0 spiro atoms. The van der Waals surface area contributed by atoms with Crippen molar-refractivity contribution >= 4 is 28.3 Å². The molecular weight excluding hydrogens is 442 g/mol. The second-order valence-corrected chi connectivity index (χ2v) is 8.70. The lowest BCUT2D eigenvalue weighted by Gasteiger charge is -2.24. The van der Waals surface area contributed by atoms with Gasteiger partial charge in [-0.15, -0.1) is 11.3 Å². The van der Waals surface area contributed by atoms with Crippen molar-refractivity contribution in [3.05, 3.63) is 64.7 Å². The lowest BCUT2D eigenvalue weighted by atomic mass is 10.0. The molecule has 0 aliphatic rings. The number of alkyl halides is 3. The molecule has 0 aliphatic carbocycles. The summed E-state index contributed by atoms with van der Waals surface area (Å²) in [7, 11) is 0. The van der Waals surface area contributed by atoms with Gasteiger partial charge in [0.2, 0.25) is 0 Å². The molecule has 0 saturated heterocycles. The van der Waals surface area contributed by atoms with Crippen molar-refractivity contribution in [3.63, 3.8) is 0 Å². The molecule has 3 aromatic heterocycles. The lowest BCUT2D eigenvalue weighted by molar-refractivity contribution is -0.162. The van der Waals surface area contributed by atoms with Gasteiger partial charge >= 0.3 is 6.18 Å². The molecule has 2 N–H and O–H groups in total. The van der Waals surface area contributed by atoms with Crippen molar-refractivity contribution in [2.45, 2.75) is 26.1 Å². The van der Waals surface area contributed by atoms with E-state index in [1.807, 2.05) is 12.1 Å². The minimum atomic E-state index is -4.52. The van der Waals surface area contributed by atoms with Crippen LogP contribution in [0, 0.1) is 11.7 Å². The highest BCUT2D eigenvalue weighted by Crippen LogP contribution is 2.31. The average Bonchev–Trinajstić information content (AvgIpc) is 3.38. The summed E-state index contributed by atoms with van der Waals surface area (Å²) in [5.41, 5.74) is 3.65. The van der Waals surface area contributed by atoms with Crippen molar-refractivity contribution in [1.82, 2.24) is 15.3 Å². The van der Waals surface area contributed by atoms with E-state index in [2.05, 4.69) is 15.3 Å². The minimum absolute atomic E-state index is 0.191. The number of carbonyl (C=O) groups is 1. The van der Waals surface area contributed by atoms with Crippen LogP contribution in [0.5, 0.6) is 0 Å². The summed E-state index contributed by atoms with van der Waals surface area (Å²) in [6.07, 6.45) is -2.89. The van der Waals surface area contributed by atoms with Gasteiger partial charge in [0, 0.05) is 22.8 Å². The lowest BCUT2D eigenvalue weighted by Crippen LogP contribution is -2.48. The third-order valence-corrected chi connectivity index (χ3v) is 6.02. The summed E-state index contributed by atoms with van der Waals surface area (Å²) in [5.74, 6) is -1.86. The molecular formula is C23H19F4N3OS. The van der Waals surface area contributed by atoms with E-state index in [0.29, 0.717) is 11.2 Å². The number of aromatic nitrogens is 2. The van der Waals surface area contributed by atoms with E-state index in [9.17, 15) is 22.4 Å². The Labute approximate surface area is 185 Å². The van der Waals surface area contributed by atoms with Crippen molar-refractivity contribution in [2.24, 2.45) is 5.92 Å². The molecule has 0 saturated carbocycles. The third-order valence-electron chi connectivity index (χ3n) is 5.09. The maximum Gasteiger partial charge on any atom is 0.408 e. The Bertz CT molecular complexity index is 1260. The number of H-pyrrole nitrogens is 1. The van der Waals surface area contributed by atoms with Crippen molar-refractivity contribution in [3.8, 4) is 22.4 Å². The number of halogens is 4. The van der Waals surface area contributed by atoms with Gasteiger partial charge in [0.05, 0.1) is 4.88 Å². The van der Waals surface area contributed by atoms with E-state index in [1.54, 1.807) is 29.8 Å². The quantitative estimate of drug-likeness (QED) is 0.337. The first kappa shape index (κ1) is 22.0. The molecule has 0 bridgehead atoms. The fourth-order valence-electron chi connectivity index (χ4n) is 3.40. The van der Waals surface area contributed by atoms with Crippen LogP contribution in [0.1, 0.15) is 23.5 Å². The number of carbonyl (C=O) groups excluding carboxylic acids is 1. The fraction of sp³-hybridized carbons (Fsp3) is 0.217. The maximum absolute atomic E-state index is 13.2. The standard InChI is InChI=1S/C23H19F4N3OS/c1-12(2)20(23(25,26)27)30-22(31)19-9-16(11-32-19)15-7-14-8-18(29-21(14)28-10-15)13-3-5-17(24)6-4-13/h3-12,20H,1-2H3,(H,28,29)(H,30,31). The van der Waals surface area contributed by atoms with Crippen LogP contribution in [0.2, 0.25) is 0 Å². The number of hydrogen-bond acceptors (Lipinski definition) is 3. The summed E-state index contributed by atoms with van der Waals surface area (Å²) in [5, 5.41) is 4.62. The first-order chi connectivity index (χ1) is 15.1. The zero-order valence-corrected chi connectivity index (χ0v) is 17.9. The van der Waals surface area contributed by atoms with E-state index in [-0.39, 0.29) is 10.7 Å². The predicted molar refractivity (Wildman–Crippen MR) is 117 cm³/mol. The molecule has 4 rings (SSSR count). The number of benzene rings is 1. The van der Waals surface area contributed by atoms with Crippen molar-refractivity contribution in [2.75, 3.05) is 0 Å². The second-order valence-electron chi connectivity index (χ2n) is 7.79. The van der Waals surface area contributed by atoms with E-state index in [4.69, 9.17) is 0 Å². The maximum atomic E-state index is 13.2. The van der Waals surface area contributed by atoms with Crippen molar-refractivity contribution in [1.29, 1.82) is 0 Å². The number of pyridine rings is 1. The Hall–Kier alpha value is -3.20. The van der Waals surface area contributed by atoms with E-state index in [0.717, 1.165) is 33.5 Å². The van der Waals surface area contributed by atoms with E-state index < -0.39 is 24.0 Å². The molecule has 0 aliphatic heterocycles. The molecule has 9 heteroatoms. The van der Waals surface area contributed by atoms with Crippen LogP contribution in [0.25, 0.3) is 33.4 Å². The minimum Gasteiger partial charge on any atom is -0.339 e. The molecule has 1 aromatic carbocycles. The van der Waals surface area contributed by atoms with Crippen LogP contribution in [-0.2, 0) is 0 Å². The van der Waals surface area contributed by atoms with Crippen LogP contribution in [0.15, 0.2) is 54.0 Å². The van der Waals surface area contributed by atoms with Gasteiger partial charge in [0.25, 0.3) is 5.91 Å². The van der Waals surface area contributed by atoms with E-state index >= 15 is 0 Å². The number of aromatic amines is 1. The average molecular weight is 461 g/mol. The second kappa shape index (κ2) is 8.38. The highest BCUT2D eigenvalue weighted by Gasteiger charge is 2.42. The Morgan fingerprint density at radius 2 is 1.78 bits per heavy atom. The summed E-state index contributed by atoms with van der Waals surface area (Å²) in [6.45, 7) is 2.83. The van der Waals surface area contributed by atoms with Gasteiger partial charge in [-0.2, -0.15) is 13.2 Å². The molecule has 166 valence electrons. The first-order valence-corrected chi connectivity index (χ1v) is 10.7. The molecule has 0 fully saturated rings. The molecule has 1 atom stereocenters. The summed E-state index contributed by atoms with van der Waals surface area (Å²) in [6, 6.07) is 9.48. The third kappa shape index (κ3) is 4.52. The molecule has 3 heterocycles. The SMILES string of the molecule is CC(C)C(NC(=O)c1cc(-c2cnc3[nH]c(-c4ccc(F)cc4)cc3c2)cs1)C(F)(F)F. The number of fused-ring (bicyclic) bond motifs is 1. The molecule has 1 amide bonds. The molecule has 32 heavy (non-hydrogen) atoms. The predicted octanol–water partition coefficient (Wildman–Crippen LogP) is 6.41.